The molecule has 2 aromatic rings. The second kappa shape index (κ2) is 10.4. The molecule has 2 aromatic carbocycles. The first kappa shape index (κ1) is 23.1. The maximum atomic E-state index is 12.5. The SMILES string of the molecule is CC(C)C[C@H](NC(=O)[C@H](N)Cc1cccc2ccccc12)C(=O)B(O)O.Cl. The van der Waals surface area contributed by atoms with Gasteiger partial charge in [-0.25, -0.2) is 0 Å². The summed E-state index contributed by atoms with van der Waals surface area (Å²) in [6.45, 7) is 3.76. The minimum Gasteiger partial charge on any atom is -0.421 e. The Hall–Kier alpha value is -1.93. The number of nitrogens with one attached hydrogen (secondary N) is 1. The number of hydrogen-bond donors (Lipinski definition) is 4. The molecule has 0 heterocycles. The average molecular weight is 393 g/mol. The summed E-state index contributed by atoms with van der Waals surface area (Å²) in [5.74, 6) is -0.394. The first-order valence-corrected chi connectivity index (χ1v) is 8.72. The molecule has 0 unspecified atom stereocenters. The molecule has 0 fully saturated rings. The summed E-state index contributed by atoms with van der Waals surface area (Å²) in [5, 5.41) is 22.9. The van der Waals surface area contributed by atoms with Crippen LogP contribution in [0.25, 0.3) is 10.8 Å². The van der Waals surface area contributed by atoms with Crippen molar-refractivity contribution < 1.29 is 19.6 Å². The van der Waals surface area contributed by atoms with Gasteiger partial charge in [-0.2, -0.15) is 0 Å². The second-order valence-electron chi connectivity index (χ2n) is 6.92. The Morgan fingerprint density at radius 3 is 2.37 bits per heavy atom. The summed E-state index contributed by atoms with van der Waals surface area (Å²) in [6.07, 6.45) is 0.626. The van der Waals surface area contributed by atoms with Gasteiger partial charge in [0.2, 0.25) is 5.91 Å². The minimum atomic E-state index is -2.12. The van der Waals surface area contributed by atoms with Crippen LogP contribution in [-0.4, -0.2) is 40.8 Å². The van der Waals surface area contributed by atoms with Crippen molar-refractivity contribution in [1.82, 2.24) is 5.32 Å². The number of carbonyl (C=O) groups excluding carboxylic acids is 2. The zero-order valence-electron chi connectivity index (χ0n) is 15.5. The molecule has 2 rings (SSSR count). The Kier molecular flexibility index (Phi) is 8.92. The van der Waals surface area contributed by atoms with Crippen molar-refractivity contribution in [2.45, 2.75) is 38.8 Å². The van der Waals surface area contributed by atoms with Crippen molar-refractivity contribution in [3.63, 3.8) is 0 Å². The van der Waals surface area contributed by atoms with Gasteiger partial charge in [0, 0.05) is 0 Å². The van der Waals surface area contributed by atoms with Crippen LogP contribution in [0.4, 0.5) is 0 Å². The molecule has 0 radical (unpaired) electrons. The Labute approximate surface area is 165 Å². The monoisotopic (exact) mass is 392 g/mol. The second-order valence-corrected chi connectivity index (χ2v) is 6.92. The number of halogens is 1. The molecule has 2 atom stereocenters. The molecular weight excluding hydrogens is 366 g/mol. The van der Waals surface area contributed by atoms with Crippen LogP contribution in [0.1, 0.15) is 25.8 Å². The van der Waals surface area contributed by atoms with Gasteiger partial charge in [0.1, 0.15) is 0 Å². The van der Waals surface area contributed by atoms with E-state index in [4.69, 9.17) is 15.8 Å². The summed E-state index contributed by atoms with van der Waals surface area (Å²) in [7, 11) is -2.12. The molecule has 0 saturated carbocycles. The molecule has 0 aliphatic carbocycles. The molecule has 0 aromatic heterocycles. The number of carbonyl (C=O) groups is 2. The van der Waals surface area contributed by atoms with E-state index >= 15 is 0 Å². The fourth-order valence-corrected chi connectivity index (χ4v) is 2.98. The van der Waals surface area contributed by atoms with Crippen LogP contribution in [0, 0.1) is 5.92 Å². The van der Waals surface area contributed by atoms with Gasteiger partial charge < -0.3 is 25.9 Å². The van der Waals surface area contributed by atoms with E-state index in [0.717, 1.165) is 16.3 Å². The van der Waals surface area contributed by atoms with Gasteiger partial charge in [-0.3, -0.25) is 4.79 Å². The van der Waals surface area contributed by atoms with Crippen molar-refractivity contribution in [3.05, 3.63) is 48.0 Å². The Bertz CT molecular complexity index is 780. The van der Waals surface area contributed by atoms with E-state index in [1.54, 1.807) is 0 Å². The number of amides is 1. The minimum absolute atomic E-state index is 0. The highest BCUT2D eigenvalue weighted by molar-refractivity contribution is 6.79. The lowest BCUT2D eigenvalue weighted by molar-refractivity contribution is -0.126. The summed E-state index contributed by atoms with van der Waals surface area (Å²) >= 11 is 0. The summed E-state index contributed by atoms with van der Waals surface area (Å²) in [5.41, 5.74) is 6.16. The normalized spacial score (nSPS) is 13.0. The average Bonchev–Trinajstić information content (AvgIpc) is 2.60. The van der Waals surface area contributed by atoms with Crippen LogP contribution in [-0.2, 0) is 16.0 Å². The molecule has 146 valence electrons. The van der Waals surface area contributed by atoms with Crippen LogP contribution in [0.15, 0.2) is 42.5 Å². The maximum Gasteiger partial charge on any atom is 0.529 e. The van der Waals surface area contributed by atoms with Gasteiger partial charge in [-0.05, 0) is 35.1 Å². The molecule has 1 amide bonds. The number of fused-ring (bicyclic) bond motifs is 1. The topological polar surface area (TPSA) is 113 Å². The summed E-state index contributed by atoms with van der Waals surface area (Å²) in [6, 6.07) is 11.8. The lowest BCUT2D eigenvalue weighted by atomic mass is 9.77. The summed E-state index contributed by atoms with van der Waals surface area (Å²) < 4.78 is 0. The lowest BCUT2D eigenvalue weighted by Crippen LogP contribution is -2.52. The summed E-state index contributed by atoms with van der Waals surface area (Å²) in [4.78, 5) is 24.4. The highest BCUT2D eigenvalue weighted by Gasteiger charge is 2.31. The zero-order valence-corrected chi connectivity index (χ0v) is 16.3. The van der Waals surface area contributed by atoms with Gasteiger partial charge in [0.05, 0.1) is 12.1 Å². The molecule has 27 heavy (non-hydrogen) atoms. The molecule has 6 nitrogen and oxygen atoms in total. The number of hydrogen-bond acceptors (Lipinski definition) is 5. The van der Waals surface area contributed by atoms with E-state index in [1.807, 2.05) is 56.3 Å². The smallest absolute Gasteiger partial charge is 0.421 e. The fourth-order valence-electron chi connectivity index (χ4n) is 2.98. The number of benzene rings is 2. The van der Waals surface area contributed by atoms with Crippen molar-refractivity contribution in [1.29, 1.82) is 0 Å². The molecule has 8 heteroatoms. The van der Waals surface area contributed by atoms with Gasteiger partial charge in [-0.15, -0.1) is 12.4 Å². The first-order valence-electron chi connectivity index (χ1n) is 8.72. The zero-order chi connectivity index (χ0) is 19.3. The van der Waals surface area contributed by atoms with Crippen molar-refractivity contribution in [2.24, 2.45) is 11.7 Å². The van der Waals surface area contributed by atoms with E-state index in [-0.39, 0.29) is 18.3 Å². The van der Waals surface area contributed by atoms with Gasteiger partial charge in [0.15, 0.2) is 5.68 Å². The van der Waals surface area contributed by atoms with Crippen LogP contribution in [0.3, 0.4) is 0 Å². The molecule has 0 aliphatic rings. The predicted octanol–water partition coefficient (Wildman–Crippen LogP) is 1.24. The van der Waals surface area contributed by atoms with Crippen LogP contribution < -0.4 is 11.1 Å². The highest BCUT2D eigenvalue weighted by Crippen LogP contribution is 2.19. The molecular formula is C19H26BClN2O4. The fraction of sp³-hybridized carbons (Fsp3) is 0.368. The Morgan fingerprint density at radius 2 is 1.74 bits per heavy atom. The Morgan fingerprint density at radius 1 is 1.11 bits per heavy atom. The standard InChI is InChI=1S/C19H25BN2O4.ClH/c1-12(2)10-17(18(23)20(25)26)22-19(24)16(21)11-14-8-5-7-13-6-3-4-9-15(13)14;/h3-9,12,16-17,25-26H,10-11,21H2,1-2H3,(H,22,24);1H/t16-,17+;/m1./s1. The molecule has 0 saturated heterocycles. The molecule has 0 spiro atoms. The lowest BCUT2D eigenvalue weighted by Gasteiger charge is -2.21. The van der Waals surface area contributed by atoms with Gasteiger partial charge in [-0.1, -0.05) is 56.3 Å². The molecule has 0 aliphatic heterocycles. The highest BCUT2D eigenvalue weighted by atomic mass is 35.5. The van der Waals surface area contributed by atoms with E-state index in [2.05, 4.69) is 5.32 Å². The van der Waals surface area contributed by atoms with E-state index in [0.29, 0.717) is 12.8 Å². The number of nitrogens with two attached hydrogens (primary N) is 1. The predicted molar refractivity (Wildman–Crippen MR) is 109 cm³/mol. The Balaban J connectivity index is 0.00000364. The van der Waals surface area contributed by atoms with Crippen LogP contribution in [0.2, 0.25) is 0 Å². The largest absolute Gasteiger partial charge is 0.529 e. The third-order valence-corrected chi connectivity index (χ3v) is 4.28. The van der Waals surface area contributed by atoms with Crippen LogP contribution >= 0.6 is 12.4 Å². The van der Waals surface area contributed by atoms with Crippen molar-refractivity contribution in [2.75, 3.05) is 0 Å². The van der Waals surface area contributed by atoms with Crippen molar-refractivity contribution in [3.8, 4) is 0 Å². The third kappa shape index (κ3) is 6.32. The van der Waals surface area contributed by atoms with Gasteiger partial charge >= 0.3 is 7.12 Å². The van der Waals surface area contributed by atoms with Crippen LogP contribution in [0.5, 0.6) is 0 Å². The van der Waals surface area contributed by atoms with E-state index in [9.17, 15) is 9.59 Å². The third-order valence-electron chi connectivity index (χ3n) is 4.28. The van der Waals surface area contributed by atoms with Gasteiger partial charge in [0.25, 0.3) is 0 Å². The van der Waals surface area contributed by atoms with E-state index < -0.39 is 30.8 Å². The molecule has 0 bridgehead atoms. The van der Waals surface area contributed by atoms with Crippen molar-refractivity contribution >= 4 is 41.9 Å². The molecule has 5 N–H and O–H groups in total. The first-order chi connectivity index (χ1) is 12.3. The van der Waals surface area contributed by atoms with E-state index in [1.165, 1.54) is 0 Å². The number of rotatable bonds is 8. The maximum absolute atomic E-state index is 12.5. The quantitative estimate of drug-likeness (QED) is 0.505.